The van der Waals surface area contributed by atoms with E-state index in [9.17, 15) is 5.21 Å². The minimum absolute atomic E-state index is 0.00873. The molecular formula is C20H14N6O2S. The summed E-state index contributed by atoms with van der Waals surface area (Å²) < 4.78 is 6.32. The van der Waals surface area contributed by atoms with Crippen molar-refractivity contribution in [3.63, 3.8) is 0 Å². The average molecular weight is 402 g/mol. The van der Waals surface area contributed by atoms with Crippen molar-refractivity contribution in [3.8, 4) is 39.0 Å². The highest BCUT2D eigenvalue weighted by Gasteiger charge is 2.23. The Balaban J connectivity index is 1.66. The molecule has 0 unspecified atom stereocenters. The van der Waals surface area contributed by atoms with E-state index in [1.807, 2.05) is 66.7 Å². The average Bonchev–Trinajstić information content (AvgIpc) is 3.48. The predicted molar refractivity (Wildman–Crippen MR) is 109 cm³/mol. The zero-order valence-electron chi connectivity index (χ0n) is 15.0. The molecule has 2 N–H and O–H groups in total. The van der Waals surface area contributed by atoms with Crippen LogP contribution in [0.4, 0.5) is 5.82 Å². The summed E-state index contributed by atoms with van der Waals surface area (Å²) in [4.78, 5) is 4.81. The summed E-state index contributed by atoms with van der Waals surface area (Å²) in [6.45, 7) is 0. The zero-order chi connectivity index (χ0) is 19.8. The molecule has 142 valence electrons. The molecule has 0 fully saturated rings. The van der Waals surface area contributed by atoms with Gasteiger partial charge in [0.15, 0.2) is 0 Å². The summed E-state index contributed by atoms with van der Waals surface area (Å²) in [5, 5.41) is 22.4. The predicted octanol–water partition coefficient (Wildman–Crippen LogP) is 3.53. The molecule has 0 saturated carbocycles. The Labute approximate surface area is 169 Å². The van der Waals surface area contributed by atoms with E-state index in [4.69, 9.17) is 10.8 Å². The van der Waals surface area contributed by atoms with Crippen molar-refractivity contribution in [2.24, 2.45) is 0 Å². The number of nitrogens with two attached hydrogens (primary N) is 1. The lowest BCUT2D eigenvalue weighted by atomic mass is 10.1. The Bertz CT molecular complexity index is 1260. The second-order valence-corrected chi connectivity index (χ2v) is 7.07. The Morgan fingerprint density at radius 2 is 1.66 bits per heavy atom. The first-order chi connectivity index (χ1) is 14.2. The molecule has 5 aromatic rings. The van der Waals surface area contributed by atoms with Gasteiger partial charge >= 0.3 is 5.82 Å². The highest BCUT2D eigenvalue weighted by atomic mass is 32.1. The first kappa shape index (κ1) is 17.1. The molecule has 0 saturated heterocycles. The normalized spacial score (nSPS) is 11.0. The molecule has 3 aromatic heterocycles. The summed E-state index contributed by atoms with van der Waals surface area (Å²) in [5.74, 6) is -0.00873. The van der Waals surface area contributed by atoms with E-state index < -0.39 is 0 Å². The third kappa shape index (κ3) is 3.03. The topological polar surface area (TPSA) is 110 Å². The zero-order valence-corrected chi connectivity index (χ0v) is 15.8. The fraction of sp³-hybridized carbons (Fsp3) is 0. The first-order valence-electron chi connectivity index (χ1n) is 8.73. The van der Waals surface area contributed by atoms with Crippen molar-refractivity contribution in [1.82, 2.24) is 19.9 Å². The summed E-state index contributed by atoms with van der Waals surface area (Å²) >= 11 is 1.35. The standard InChI is InChI=1S/C20H14N6O2S/c21-19-18(26(27)28-24-19)16-12-29-20(22-16)25-17(14-9-5-2-6-10-14)11-15(23-25)13-7-3-1-4-8-13/h1-12H,(H2,21,24). The minimum atomic E-state index is -0.00873. The van der Waals surface area contributed by atoms with Crippen molar-refractivity contribution in [2.45, 2.75) is 0 Å². The summed E-state index contributed by atoms with van der Waals surface area (Å²) in [6.07, 6.45) is 0. The lowest BCUT2D eigenvalue weighted by molar-refractivity contribution is -0.793. The molecule has 0 aliphatic carbocycles. The van der Waals surface area contributed by atoms with Crippen molar-refractivity contribution < 1.29 is 9.53 Å². The Hall–Kier alpha value is -3.98. The molecule has 9 heteroatoms. The molecule has 0 bridgehead atoms. The Morgan fingerprint density at radius 3 is 2.31 bits per heavy atom. The largest absolute Gasteiger partial charge is 0.359 e. The van der Waals surface area contributed by atoms with E-state index >= 15 is 0 Å². The van der Waals surface area contributed by atoms with Gasteiger partial charge in [-0.2, -0.15) is 5.10 Å². The highest BCUT2D eigenvalue weighted by molar-refractivity contribution is 7.12. The van der Waals surface area contributed by atoms with Crippen molar-refractivity contribution in [3.05, 3.63) is 77.3 Å². The number of aromatic nitrogens is 5. The number of anilines is 1. The number of hydrogen-bond acceptors (Lipinski definition) is 7. The highest BCUT2D eigenvalue weighted by Crippen LogP contribution is 2.31. The number of rotatable bonds is 4. The van der Waals surface area contributed by atoms with E-state index in [2.05, 4.69) is 14.8 Å². The van der Waals surface area contributed by atoms with Crippen LogP contribution >= 0.6 is 11.3 Å². The second-order valence-electron chi connectivity index (χ2n) is 6.24. The quantitative estimate of drug-likeness (QED) is 0.461. The molecule has 0 aliphatic heterocycles. The third-order valence-electron chi connectivity index (χ3n) is 4.40. The molecule has 2 aromatic carbocycles. The van der Waals surface area contributed by atoms with Crippen LogP contribution in [0.2, 0.25) is 0 Å². The minimum Gasteiger partial charge on any atom is -0.359 e. The lowest BCUT2D eigenvalue weighted by Crippen LogP contribution is -2.25. The van der Waals surface area contributed by atoms with E-state index in [0.717, 1.165) is 22.5 Å². The number of nitrogen functional groups attached to an aromatic ring is 1. The second kappa shape index (κ2) is 6.88. The Kier molecular flexibility index (Phi) is 4.07. The van der Waals surface area contributed by atoms with Gasteiger partial charge in [-0.3, -0.25) is 4.63 Å². The first-order valence-corrected chi connectivity index (χ1v) is 9.61. The van der Waals surface area contributed by atoms with E-state index in [-0.39, 0.29) is 16.4 Å². The van der Waals surface area contributed by atoms with Gasteiger partial charge in [0.05, 0.1) is 16.5 Å². The van der Waals surface area contributed by atoms with Crippen LogP contribution in [0.1, 0.15) is 0 Å². The number of benzene rings is 2. The van der Waals surface area contributed by atoms with Gasteiger partial charge in [-0.25, -0.2) is 9.67 Å². The van der Waals surface area contributed by atoms with Gasteiger partial charge in [0.1, 0.15) is 5.69 Å². The number of thiazole rings is 1. The maximum atomic E-state index is 11.8. The van der Waals surface area contributed by atoms with Crippen molar-refractivity contribution in [2.75, 3.05) is 5.73 Å². The van der Waals surface area contributed by atoms with Crippen LogP contribution in [-0.2, 0) is 0 Å². The van der Waals surface area contributed by atoms with Gasteiger partial charge in [-0.05, 0) is 11.0 Å². The van der Waals surface area contributed by atoms with Gasteiger partial charge in [-0.1, -0.05) is 60.7 Å². The van der Waals surface area contributed by atoms with E-state index in [1.165, 1.54) is 11.3 Å². The third-order valence-corrected chi connectivity index (χ3v) is 5.22. The summed E-state index contributed by atoms with van der Waals surface area (Å²) in [6, 6.07) is 21.9. The number of nitrogens with zero attached hydrogens (tertiary/aromatic N) is 5. The number of hydrogen-bond donors (Lipinski definition) is 1. The molecule has 5 rings (SSSR count). The van der Waals surface area contributed by atoms with Crippen molar-refractivity contribution >= 4 is 17.2 Å². The van der Waals surface area contributed by atoms with Crippen LogP contribution in [0, 0.1) is 5.21 Å². The summed E-state index contributed by atoms with van der Waals surface area (Å²) in [5.41, 5.74) is 9.92. The monoisotopic (exact) mass is 402 g/mol. The molecule has 29 heavy (non-hydrogen) atoms. The van der Waals surface area contributed by atoms with Crippen LogP contribution in [0.25, 0.3) is 39.0 Å². The molecule has 0 radical (unpaired) electrons. The van der Waals surface area contributed by atoms with Crippen LogP contribution in [0.5, 0.6) is 0 Å². The Morgan fingerprint density at radius 1 is 0.966 bits per heavy atom. The molecule has 3 heterocycles. The van der Waals surface area contributed by atoms with Crippen LogP contribution < -0.4 is 10.6 Å². The molecular weight excluding hydrogens is 388 g/mol. The molecule has 0 aliphatic rings. The molecule has 8 nitrogen and oxygen atoms in total. The fourth-order valence-electron chi connectivity index (χ4n) is 3.05. The summed E-state index contributed by atoms with van der Waals surface area (Å²) in [7, 11) is 0. The van der Waals surface area contributed by atoms with Gasteiger partial charge in [-0.15, -0.1) is 11.3 Å². The lowest BCUT2D eigenvalue weighted by Gasteiger charge is -2.03. The van der Waals surface area contributed by atoms with Gasteiger partial charge in [0.25, 0.3) is 5.69 Å². The molecule has 0 atom stereocenters. The molecule has 0 amide bonds. The SMILES string of the molecule is Nc1no[n+]([O-])c1-c1csc(-n2nc(-c3ccccc3)cc2-c2ccccc2)n1. The maximum absolute atomic E-state index is 11.8. The van der Waals surface area contributed by atoms with Crippen LogP contribution in [-0.4, -0.2) is 19.9 Å². The van der Waals surface area contributed by atoms with Crippen LogP contribution in [0.3, 0.4) is 0 Å². The maximum Gasteiger partial charge on any atom is 0.314 e. The smallest absolute Gasteiger partial charge is 0.314 e. The molecule has 0 spiro atoms. The van der Waals surface area contributed by atoms with Crippen molar-refractivity contribution in [1.29, 1.82) is 0 Å². The van der Waals surface area contributed by atoms with E-state index in [0.29, 0.717) is 10.8 Å². The van der Waals surface area contributed by atoms with E-state index in [1.54, 1.807) is 10.1 Å². The fourth-order valence-corrected chi connectivity index (χ4v) is 3.82. The van der Waals surface area contributed by atoms with Gasteiger partial charge in [0.2, 0.25) is 5.13 Å². The van der Waals surface area contributed by atoms with Gasteiger partial charge in [0, 0.05) is 16.5 Å². The van der Waals surface area contributed by atoms with Crippen LogP contribution in [0.15, 0.2) is 76.7 Å². The van der Waals surface area contributed by atoms with Gasteiger partial charge < -0.3 is 10.9 Å².